The Morgan fingerprint density at radius 2 is 2.36 bits per heavy atom. The summed E-state index contributed by atoms with van der Waals surface area (Å²) in [6, 6.07) is 1.97. The average molecular weight is 153 g/mol. The van der Waals surface area contributed by atoms with Crippen LogP contribution in [0.2, 0.25) is 0 Å². The van der Waals surface area contributed by atoms with Gasteiger partial charge in [0.15, 0.2) is 0 Å². The van der Waals surface area contributed by atoms with Gasteiger partial charge in [-0.05, 0) is 5.92 Å². The van der Waals surface area contributed by atoms with E-state index >= 15 is 0 Å². The summed E-state index contributed by atoms with van der Waals surface area (Å²) in [5, 5.41) is 7.42. The number of nitrogens with zero attached hydrogens (tertiary/aromatic N) is 2. The summed E-state index contributed by atoms with van der Waals surface area (Å²) in [6.45, 7) is 5.34. The van der Waals surface area contributed by atoms with Gasteiger partial charge in [-0.3, -0.25) is 4.68 Å². The lowest BCUT2D eigenvalue weighted by Crippen LogP contribution is -2.08. The van der Waals surface area contributed by atoms with Gasteiger partial charge in [0.2, 0.25) is 0 Å². The summed E-state index contributed by atoms with van der Waals surface area (Å²) in [6.07, 6.45) is 1.93. The lowest BCUT2D eigenvalue weighted by Gasteiger charge is -2.04. The van der Waals surface area contributed by atoms with Gasteiger partial charge < -0.3 is 5.32 Å². The van der Waals surface area contributed by atoms with Crippen molar-refractivity contribution in [3.63, 3.8) is 0 Å². The molecule has 62 valence electrons. The second kappa shape index (κ2) is 3.42. The predicted molar refractivity (Wildman–Crippen MR) is 46.5 cm³/mol. The highest BCUT2D eigenvalue weighted by Crippen LogP contribution is 2.01. The van der Waals surface area contributed by atoms with E-state index in [9.17, 15) is 0 Å². The molecule has 0 aromatic carbocycles. The average Bonchev–Trinajstić information content (AvgIpc) is 2.31. The van der Waals surface area contributed by atoms with Crippen LogP contribution in [0.1, 0.15) is 13.8 Å². The Bertz CT molecular complexity index is 215. The van der Waals surface area contributed by atoms with Crippen molar-refractivity contribution in [1.29, 1.82) is 0 Å². The van der Waals surface area contributed by atoms with Gasteiger partial charge in [0.05, 0.1) is 0 Å². The topological polar surface area (TPSA) is 29.9 Å². The van der Waals surface area contributed by atoms with Crippen LogP contribution in [0.25, 0.3) is 0 Å². The van der Waals surface area contributed by atoms with Crippen molar-refractivity contribution in [3.8, 4) is 0 Å². The highest BCUT2D eigenvalue weighted by Gasteiger charge is 1.96. The fourth-order valence-electron chi connectivity index (χ4n) is 0.818. The summed E-state index contributed by atoms with van der Waals surface area (Å²) >= 11 is 0. The van der Waals surface area contributed by atoms with Crippen molar-refractivity contribution in [2.45, 2.75) is 13.8 Å². The summed E-state index contributed by atoms with van der Waals surface area (Å²) < 4.78 is 1.79. The first-order chi connectivity index (χ1) is 5.18. The number of anilines is 1. The molecule has 1 heterocycles. The third kappa shape index (κ3) is 2.62. The van der Waals surface area contributed by atoms with E-state index in [2.05, 4.69) is 24.3 Å². The van der Waals surface area contributed by atoms with E-state index in [1.807, 2.05) is 19.3 Å². The van der Waals surface area contributed by atoms with Crippen LogP contribution in [0.4, 0.5) is 5.82 Å². The highest BCUT2D eigenvalue weighted by molar-refractivity contribution is 5.31. The minimum absolute atomic E-state index is 0.664. The molecule has 1 rings (SSSR count). The third-order valence-electron chi connectivity index (χ3n) is 1.41. The van der Waals surface area contributed by atoms with Gasteiger partial charge in [0.25, 0.3) is 0 Å². The minimum atomic E-state index is 0.664. The van der Waals surface area contributed by atoms with Gasteiger partial charge in [-0.2, -0.15) is 5.10 Å². The Labute approximate surface area is 67.4 Å². The molecule has 0 aliphatic heterocycles. The molecular weight excluding hydrogens is 138 g/mol. The van der Waals surface area contributed by atoms with Gasteiger partial charge in [-0.25, -0.2) is 0 Å². The molecule has 0 atom stereocenters. The van der Waals surface area contributed by atoms with Crippen molar-refractivity contribution in [2.75, 3.05) is 11.9 Å². The van der Waals surface area contributed by atoms with Crippen molar-refractivity contribution >= 4 is 5.82 Å². The van der Waals surface area contributed by atoms with Crippen LogP contribution in [-0.2, 0) is 7.05 Å². The first-order valence-electron chi connectivity index (χ1n) is 3.92. The smallest absolute Gasteiger partial charge is 0.147 e. The van der Waals surface area contributed by atoms with Crippen molar-refractivity contribution in [1.82, 2.24) is 9.78 Å². The molecule has 0 amide bonds. The van der Waals surface area contributed by atoms with Crippen LogP contribution in [0.3, 0.4) is 0 Å². The van der Waals surface area contributed by atoms with Gasteiger partial charge in [-0.15, -0.1) is 0 Å². The van der Waals surface area contributed by atoms with Crippen LogP contribution < -0.4 is 5.32 Å². The molecule has 3 heteroatoms. The molecule has 0 saturated carbocycles. The number of rotatable bonds is 3. The van der Waals surface area contributed by atoms with E-state index in [1.165, 1.54) is 0 Å². The number of hydrogen-bond acceptors (Lipinski definition) is 2. The molecule has 0 saturated heterocycles. The Balaban J connectivity index is 2.39. The molecule has 0 bridgehead atoms. The monoisotopic (exact) mass is 153 g/mol. The maximum absolute atomic E-state index is 4.19. The zero-order chi connectivity index (χ0) is 8.27. The summed E-state index contributed by atoms with van der Waals surface area (Å²) in [5.41, 5.74) is 0. The number of aromatic nitrogens is 2. The Morgan fingerprint density at radius 3 is 2.82 bits per heavy atom. The van der Waals surface area contributed by atoms with Crippen molar-refractivity contribution in [2.24, 2.45) is 13.0 Å². The standard InChI is InChI=1S/C8H15N3/c1-7(2)6-9-8-4-5-11(3)10-8/h4-5,7H,6H2,1-3H3,(H,9,10). The molecule has 0 radical (unpaired) electrons. The van der Waals surface area contributed by atoms with Gasteiger partial charge >= 0.3 is 0 Å². The van der Waals surface area contributed by atoms with Crippen LogP contribution in [-0.4, -0.2) is 16.3 Å². The Morgan fingerprint density at radius 1 is 1.64 bits per heavy atom. The summed E-state index contributed by atoms with van der Waals surface area (Å²) in [5.74, 6) is 1.62. The molecule has 1 aromatic rings. The largest absolute Gasteiger partial charge is 0.368 e. The van der Waals surface area contributed by atoms with E-state index < -0.39 is 0 Å². The molecule has 1 aromatic heterocycles. The maximum Gasteiger partial charge on any atom is 0.147 e. The van der Waals surface area contributed by atoms with E-state index in [1.54, 1.807) is 4.68 Å². The van der Waals surface area contributed by atoms with E-state index in [0.717, 1.165) is 12.4 Å². The Kier molecular flexibility index (Phi) is 2.52. The Hall–Kier alpha value is -0.990. The normalized spacial score (nSPS) is 10.5. The fourth-order valence-corrected chi connectivity index (χ4v) is 0.818. The predicted octanol–water partition coefficient (Wildman–Crippen LogP) is 1.49. The first-order valence-corrected chi connectivity index (χ1v) is 3.92. The molecule has 3 nitrogen and oxygen atoms in total. The molecule has 1 N–H and O–H groups in total. The number of aryl methyl sites for hydroxylation is 1. The first kappa shape index (κ1) is 8.11. The van der Waals surface area contributed by atoms with E-state index in [0.29, 0.717) is 5.92 Å². The molecule has 0 unspecified atom stereocenters. The zero-order valence-corrected chi connectivity index (χ0v) is 7.33. The fraction of sp³-hybridized carbons (Fsp3) is 0.625. The summed E-state index contributed by atoms with van der Waals surface area (Å²) in [7, 11) is 1.92. The second-order valence-electron chi connectivity index (χ2n) is 3.15. The molecule has 0 aliphatic rings. The van der Waals surface area contributed by atoms with E-state index in [-0.39, 0.29) is 0 Å². The van der Waals surface area contributed by atoms with Crippen molar-refractivity contribution < 1.29 is 0 Å². The SMILES string of the molecule is CC(C)CNc1ccn(C)n1. The van der Waals surface area contributed by atoms with E-state index in [4.69, 9.17) is 0 Å². The maximum atomic E-state index is 4.19. The molecule has 0 fully saturated rings. The number of nitrogens with one attached hydrogen (secondary N) is 1. The van der Waals surface area contributed by atoms with Gasteiger partial charge in [0, 0.05) is 25.9 Å². The quantitative estimate of drug-likeness (QED) is 0.713. The third-order valence-corrected chi connectivity index (χ3v) is 1.41. The molecule has 11 heavy (non-hydrogen) atoms. The van der Waals surface area contributed by atoms with Crippen LogP contribution >= 0.6 is 0 Å². The van der Waals surface area contributed by atoms with Crippen LogP contribution in [0, 0.1) is 5.92 Å². The van der Waals surface area contributed by atoms with Crippen molar-refractivity contribution in [3.05, 3.63) is 12.3 Å². The van der Waals surface area contributed by atoms with Crippen LogP contribution in [0.15, 0.2) is 12.3 Å². The number of hydrogen-bond donors (Lipinski definition) is 1. The lowest BCUT2D eigenvalue weighted by molar-refractivity contribution is 0.682. The lowest BCUT2D eigenvalue weighted by atomic mass is 10.2. The molecular formula is C8H15N3. The summed E-state index contributed by atoms with van der Waals surface area (Å²) in [4.78, 5) is 0. The molecule has 0 spiro atoms. The second-order valence-corrected chi connectivity index (χ2v) is 3.15. The van der Waals surface area contributed by atoms with Crippen LogP contribution in [0.5, 0.6) is 0 Å². The highest BCUT2D eigenvalue weighted by atomic mass is 15.3. The van der Waals surface area contributed by atoms with Gasteiger partial charge in [-0.1, -0.05) is 13.8 Å². The molecule has 0 aliphatic carbocycles. The zero-order valence-electron chi connectivity index (χ0n) is 7.33. The minimum Gasteiger partial charge on any atom is -0.368 e. The van der Waals surface area contributed by atoms with Gasteiger partial charge in [0.1, 0.15) is 5.82 Å².